The minimum atomic E-state index is -0.0688. The highest BCUT2D eigenvalue weighted by atomic mass is 15.3. The molecule has 2 unspecified atom stereocenters. The number of fused-ring (bicyclic) bond motifs is 7. The fourth-order valence-corrected chi connectivity index (χ4v) is 13.4. The van der Waals surface area contributed by atoms with Crippen LogP contribution in [0.5, 0.6) is 0 Å². The number of anilines is 8. The minimum absolute atomic E-state index is 0.00868. The van der Waals surface area contributed by atoms with Crippen LogP contribution in [0.25, 0.3) is 22.3 Å². The van der Waals surface area contributed by atoms with Crippen LogP contribution >= 0.6 is 0 Å². The van der Waals surface area contributed by atoms with E-state index < -0.39 is 0 Å². The van der Waals surface area contributed by atoms with Gasteiger partial charge in [0.05, 0.1) is 11.2 Å². The number of hydrogen-bond acceptors (Lipinski definition) is 3. The first-order valence-electron chi connectivity index (χ1n) is 26.3. The molecule has 0 saturated heterocycles. The molecule has 3 nitrogen and oxygen atoms in total. The van der Waals surface area contributed by atoms with Crippen LogP contribution in [0.15, 0.2) is 164 Å². The van der Waals surface area contributed by atoms with Gasteiger partial charge in [0.1, 0.15) is 0 Å². The molecule has 1 fully saturated rings. The molecule has 3 aliphatic heterocycles. The normalized spacial score (nSPS) is 19.0. The van der Waals surface area contributed by atoms with E-state index >= 15 is 0 Å². The van der Waals surface area contributed by atoms with Gasteiger partial charge in [-0.05, 0) is 167 Å². The van der Waals surface area contributed by atoms with Crippen molar-refractivity contribution in [1.29, 1.82) is 0 Å². The summed E-state index contributed by atoms with van der Waals surface area (Å²) in [5, 5.41) is 0. The number of hydrogen-bond donors (Lipinski definition) is 0. The molecule has 0 N–H and O–H groups in total. The molecule has 12 rings (SSSR count). The van der Waals surface area contributed by atoms with Gasteiger partial charge in [0.25, 0.3) is 6.71 Å². The Morgan fingerprint density at radius 2 is 1.04 bits per heavy atom. The Hall–Kier alpha value is -6.78. The summed E-state index contributed by atoms with van der Waals surface area (Å²) < 4.78 is 0. The van der Waals surface area contributed by atoms with Crippen LogP contribution < -0.4 is 31.1 Å². The summed E-state index contributed by atoms with van der Waals surface area (Å²) in [6, 6.07) is 63.4. The Labute approximate surface area is 424 Å². The third kappa shape index (κ3) is 6.98. The zero-order valence-electron chi connectivity index (χ0n) is 43.8. The standard InChI is InChI=1S/C67H68BN3/c1-43-36-45(3)63-54(37-43)66(10)34-18-19-35-67(66,11)71(63)52-30-32-56-59(42-52)69(51-28-25-49(26-29-51)64(4,5)6)60-38-44(2)39-61-62(60)68(56)55-31-24-48(46-20-14-12-15-21-46)40-58(55)70(61)57-33-27-50(65(7,8)9)41-53(57)47-22-16-13-17-23-47/h12-17,20-33,36-42H,18-19,34-35H2,1-11H3. The molecule has 1 aliphatic carbocycles. The van der Waals surface area contributed by atoms with Crippen molar-refractivity contribution in [3.63, 3.8) is 0 Å². The molecule has 0 aromatic heterocycles. The van der Waals surface area contributed by atoms with Gasteiger partial charge < -0.3 is 14.7 Å². The molecule has 0 spiro atoms. The highest BCUT2D eigenvalue weighted by Crippen LogP contribution is 2.62. The summed E-state index contributed by atoms with van der Waals surface area (Å²) in [5.41, 5.74) is 27.0. The van der Waals surface area contributed by atoms with Crippen molar-refractivity contribution in [2.45, 2.75) is 124 Å². The van der Waals surface area contributed by atoms with Crippen molar-refractivity contribution in [2.24, 2.45) is 0 Å². The highest BCUT2D eigenvalue weighted by Gasteiger charge is 2.58. The van der Waals surface area contributed by atoms with Crippen molar-refractivity contribution < 1.29 is 0 Å². The summed E-state index contributed by atoms with van der Waals surface area (Å²) in [6.45, 7) is 26.0. The molecular formula is C67H68BN3. The lowest BCUT2D eigenvalue weighted by Gasteiger charge is -2.51. The van der Waals surface area contributed by atoms with E-state index in [9.17, 15) is 0 Å². The van der Waals surface area contributed by atoms with Gasteiger partial charge in [-0.3, -0.25) is 0 Å². The SMILES string of the molecule is Cc1cc2c3c(c1)N(c1ccc(C(C)(C)C)cc1-c1ccccc1)c1cc(-c4ccccc4)ccc1B3c1ccc(N3c4c(C)cc(C)cc4C4(C)CCCCC34C)cc1N2c1ccc(C(C)(C)C)cc1. The van der Waals surface area contributed by atoms with Crippen LogP contribution in [-0.4, -0.2) is 12.3 Å². The zero-order valence-corrected chi connectivity index (χ0v) is 43.8. The molecule has 4 heteroatoms. The van der Waals surface area contributed by atoms with Crippen molar-refractivity contribution in [3.8, 4) is 22.3 Å². The summed E-state index contributed by atoms with van der Waals surface area (Å²) in [4.78, 5) is 8.04. The number of benzene rings is 8. The Bertz CT molecular complexity index is 3410. The molecule has 0 bridgehead atoms. The topological polar surface area (TPSA) is 9.72 Å². The molecule has 8 aromatic carbocycles. The summed E-state index contributed by atoms with van der Waals surface area (Å²) in [5.74, 6) is 0. The first-order chi connectivity index (χ1) is 33.9. The van der Waals surface area contributed by atoms with Crippen molar-refractivity contribution in [3.05, 3.63) is 197 Å². The van der Waals surface area contributed by atoms with Crippen molar-refractivity contribution >= 4 is 68.6 Å². The van der Waals surface area contributed by atoms with Crippen LogP contribution in [-0.2, 0) is 16.2 Å². The van der Waals surface area contributed by atoms with Crippen LogP contribution in [0, 0.1) is 20.8 Å². The second-order valence-corrected chi connectivity index (χ2v) is 24.0. The average Bonchev–Trinajstić information content (AvgIpc) is 3.56. The monoisotopic (exact) mass is 926 g/mol. The van der Waals surface area contributed by atoms with E-state index in [1.54, 1.807) is 0 Å². The number of aryl methyl sites for hydroxylation is 3. The predicted octanol–water partition coefficient (Wildman–Crippen LogP) is 16.4. The zero-order chi connectivity index (χ0) is 49.4. The largest absolute Gasteiger partial charge is 0.334 e. The van der Waals surface area contributed by atoms with Gasteiger partial charge in [0.15, 0.2) is 0 Å². The second kappa shape index (κ2) is 16.1. The van der Waals surface area contributed by atoms with E-state index in [1.165, 1.54) is 137 Å². The van der Waals surface area contributed by atoms with E-state index in [0.29, 0.717) is 0 Å². The average molecular weight is 926 g/mol. The lowest BCUT2D eigenvalue weighted by molar-refractivity contribution is 0.195. The van der Waals surface area contributed by atoms with E-state index in [-0.39, 0.29) is 28.5 Å². The van der Waals surface area contributed by atoms with Crippen LogP contribution in [0.1, 0.15) is 114 Å². The maximum atomic E-state index is 2.80. The van der Waals surface area contributed by atoms with E-state index in [2.05, 4.69) is 255 Å². The predicted molar refractivity (Wildman–Crippen MR) is 306 cm³/mol. The van der Waals surface area contributed by atoms with Gasteiger partial charge >= 0.3 is 0 Å². The minimum Gasteiger partial charge on any atom is -0.334 e. The molecule has 0 radical (unpaired) electrons. The van der Waals surface area contributed by atoms with Crippen LogP contribution in [0.4, 0.5) is 45.5 Å². The first kappa shape index (κ1) is 45.4. The Morgan fingerprint density at radius 3 is 1.72 bits per heavy atom. The Kier molecular flexibility index (Phi) is 10.3. The second-order valence-electron chi connectivity index (χ2n) is 24.0. The van der Waals surface area contributed by atoms with E-state index in [4.69, 9.17) is 0 Å². The molecule has 71 heavy (non-hydrogen) atoms. The van der Waals surface area contributed by atoms with E-state index in [0.717, 1.165) is 6.42 Å². The summed E-state index contributed by atoms with van der Waals surface area (Å²) >= 11 is 0. The summed E-state index contributed by atoms with van der Waals surface area (Å²) in [6.07, 6.45) is 4.87. The fourth-order valence-electron chi connectivity index (χ4n) is 13.4. The molecule has 2 atom stereocenters. The molecule has 1 saturated carbocycles. The third-order valence-electron chi connectivity index (χ3n) is 17.3. The maximum Gasteiger partial charge on any atom is 0.252 e. The molecule has 0 amide bonds. The lowest BCUT2D eigenvalue weighted by atomic mass is 9.33. The molecule has 3 heterocycles. The maximum absolute atomic E-state index is 2.80. The van der Waals surface area contributed by atoms with Crippen LogP contribution in [0.3, 0.4) is 0 Å². The number of rotatable bonds is 5. The van der Waals surface area contributed by atoms with Crippen molar-refractivity contribution in [2.75, 3.05) is 14.7 Å². The molecular weight excluding hydrogens is 858 g/mol. The van der Waals surface area contributed by atoms with Crippen molar-refractivity contribution in [1.82, 2.24) is 0 Å². The van der Waals surface area contributed by atoms with Gasteiger partial charge in [0.2, 0.25) is 0 Å². The first-order valence-corrected chi connectivity index (χ1v) is 26.3. The van der Waals surface area contributed by atoms with Gasteiger partial charge in [-0.2, -0.15) is 0 Å². The molecule has 4 aliphatic rings. The summed E-state index contributed by atoms with van der Waals surface area (Å²) in [7, 11) is 0. The van der Waals surface area contributed by atoms with Gasteiger partial charge in [-0.1, -0.05) is 176 Å². The Balaban J connectivity index is 1.15. The Morgan fingerprint density at radius 1 is 0.465 bits per heavy atom. The lowest BCUT2D eigenvalue weighted by Crippen LogP contribution is -2.61. The van der Waals surface area contributed by atoms with Gasteiger partial charge in [0, 0.05) is 50.8 Å². The van der Waals surface area contributed by atoms with Crippen LogP contribution in [0.2, 0.25) is 0 Å². The molecule has 354 valence electrons. The molecule has 8 aromatic rings. The fraction of sp³-hybridized carbons (Fsp3) is 0.284. The van der Waals surface area contributed by atoms with Gasteiger partial charge in [-0.15, -0.1) is 0 Å². The van der Waals surface area contributed by atoms with Gasteiger partial charge in [-0.25, -0.2) is 0 Å². The van der Waals surface area contributed by atoms with E-state index in [1.807, 2.05) is 0 Å². The quantitative estimate of drug-likeness (QED) is 0.159. The highest BCUT2D eigenvalue weighted by molar-refractivity contribution is 7.00. The number of nitrogens with zero attached hydrogens (tertiary/aromatic N) is 3. The third-order valence-corrected chi connectivity index (χ3v) is 17.3. The smallest absolute Gasteiger partial charge is 0.252 e.